The van der Waals surface area contributed by atoms with E-state index >= 15 is 4.39 Å². The number of nitrogens with one attached hydrogen (secondary N) is 2. The van der Waals surface area contributed by atoms with Gasteiger partial charge in [0, 0.05) is 42.8 Å². The van der Waals surface area contributed by atoms with Crippen molar-refractivity contribution in [2.45, 2.75) is 50.4 Å². The third-order valence-corrected chi connectivity index (χ3v) is 9.22. The van der Waals surface area contributed by atoms with Crippen molar-refractivity contribution < 1.29 is 31.1 Å². The Morgan fingerprint density at radius 2 is 1.89 bits per heavy atom. The summed E-state index contributed by atoms with van der Waals surface area (Å²) in [5.41, 5.74) is -2.32. The number of rotatable bonds is 6. The highest BCUT2D eigenvalue weighted by Gasteiger charge is 2.45. The standard InChI is InChI=1S/C30H30F6N8O/c1-16-10-20-18(13-39-42-20)22(23(16)30(34,35)36)26-24(33)25-19(12-38-26)27(43-9-6-37-17(14-43)11-21(31)32)41-28(40-25)45-15-29-4-2-7-44(29)8-3-5-29/h10-13,17,37H,2-9,14-15H2,1H3,(H,39,42). The summed E-state index contributed by atoms with van der Waals surface area (Å²) < 4.78 is 92.3. The highest BCUT2D eigenvalue weighted by Crippen LogP contribution is 2.44. The normalized spacial score (nSPS) is 20.2. The van der Waals surface area contributed by atoms with Gasteiger partial charge < -0.3 is 15.0 Å². The number of H-pyrrole nitrogens is 1. The SMILES string of the molecule is Cc1cc2[nH]ncc2c(-c2ncc3c(N4CCNC(C=C(F)F)C4)nc(OCC45CCCN4CCC5)nc3c2F)c1C(F)(F)F. The molecule has 1 unspecified atom stereocenters. The summed E-state index contributed by atoms with van der Waals surface area (Å²) in [6.45, 7) is 4.23. The lowest BCUT2D eigenvalue weighted by molar-refractivity contribution is -0.137. The van der Waals surface area contributed by atoms with E-state index in [0.29, 0.717) is 18.6 Å². The van der Waals surface area contributed by atoms with Gasteiger partial charge in [0.15, 0.2) is 5.82 Å². The van der Waals surface area contributed by atoms with Gasteiger partial charge >= 0.3 is 12.2 Å². The lowest BCUT2D eigenvalue weighted by atomic mass is 9.94. The molecule has 1 atom stereocenters. The molecule has 1 aromatic carbocycles. The van der Waals surface area contributed by atoms with Gasteiger partial charge in [-0.2, -0.15) is 37.0 Å². The number of aromatic nitrogens is 5. The van der Waals surface area contributed by atoms with Crippen LogP contribution >= 0.6 is 0 Å². The van der Waals surface area contributed by atoms with Crippen LogP contribution in [-0.2, 0) is 6.18 Å². The van der Waals surface area contributed by atoms with Crippen LogP contribution in [0.15, 0.2) is 30.6 Å². The molecule has 6 heterocycles. The van der Waals surface area contributed by atoms with Crippen molar-refractivity contribution in [2.75, 3.05) is 44.2 Å². The molecule has 0 spiro atoms. The maximum atomic E-state index is 16.7. The van der Waals surface area contributed by atoms with E-state index in [0.717, 1.165) is 44.8 Å². The van der Waals surface area contributed by atoms with Gasteiger partial charge in [0.2, 0.25) is 0 Å². The molecule has 3 fully saturated rings. The first-order valence-corrected chi connectivity index (χ1v) is 14.8. The zero-order chi connectivity index (χ0) is 31.5. The van der Waals surface area contributed by atoms with Gasteiger partial charge in [-0.05, 0) is 63.4 Å². The predicted octanol–water partition coefficient (Wildman–Crippen LogP) is 5.60. The second kappa shape index (κ2) is 11.1. The van der Waals surface area contributed by atoms with Crippen molar-refractivity contribution >= 4 is 27.6 Å². The number of nitrogens with zero attached hydrogens (tertiary/aromatic N) is 6. The number of benzene rings is 1. The molecule has 0 bridgehead atoms. The molecule has 7 rings (SSSR count). The van der Waals surface area contributed by atoms with Gasteiger partial charge in [0.05, 0.1) is 28.2 Å². The van der Waals surface area contributed by atoms with Gasteiger partial charge in [-0.15, -0.1) is 0 Å². The van der Waals surface area contributed by atoms with Crippen molar-refractivity contribution in [3.8, 4) is 17.3 Å². The number of hydrogen-bond donors (Lipinski definition) is 2. The number of aromatic amines is 1. The van der Waals surface area contributed by atoms with Crippen LogP contribution in [0.5, 0.6) is 6.01 Å². The molecular formula is C30H30F6N8O. The molecule has 3 aliphatic heterocycles. The molecule has 0 amide bonds. The van der Waals surface area contributed by atoms with E-state index in [1.807, 2.05) is 0 Å². The fourth-order valence-corrected chi connectivity index (χ4v) is 7.23. The summed E-state index contributed by atoms with van der Waals surface area (Å²) in [6.07, 6.45) is 0.498. The average molecular weight is 633 g/mol. The Bertz CT molecular complexity index is 1790. The van der Waals surface area contributed by atoms with Crippen molar-refractivity contribution in [3.05, 3.63) is 47.6 Å². The van der Waals surface area contributed by atoms with E-state index in [1.54, 1.807) is 4.90 Å². The van der Waals surface area contributed by atoms with Gasteiger partial charge in [-0.1, -0.05) is 0 Å². The number of fused-ring (bicyclic) bond motifs is 3. The third-order valence-electron chi connectivity index (χ3n) is 9.22. The Morgan fingerprint density at radius 1 is 1.11 bits per heavy atom. The number of ether oxygens (including phenoxy) is 1. The smallest absolute Gasteiger partial charge is 0.417 e. The number of piperazine rings is 1. The first-order chi connectivity index (χ1) is 21.5. The molecule has 238 valence electrons. The second-order valence-electron chi connectivity index (χ2n) is 12.0. The lowest BCUT2D eigenvalue weighted by Crippen LogP contribution is -2.50. The number of hydrogen-bond acceptors (Lipinski definition) is 8. The maximum absolute atomic E-state index is 16.7. The third kappa shape index (κ3) is 5.25. The molecule has 0 aliphatic carbocycles. The molecule has 3 saturated heterocycles. The summed E-state index contributed by atoms with van der Waals surface area (Å²) in [7, 11) is 0. The fraction of sp³-hybridized carbons (Fsp3) is 0.467. The topological polar surface area (TPSA) is 95.1 Å². The highest BCUT2D eigenvalue weighted by molar-refractivity contribution is 5.99. The summed E-state index contributed by atoms with van der Waals surface area (Å²) in [5, 5.41) is 9.72. The number of halogens is 6. The van der Waals surface area contributed by atoms with Crippen LogP contribution in [0, 0.1) is 12.7 Å². The summed E-state index contributed by atoms with van der Waals surface area (Å²) >= 11 is 0. The number of pyridine rings is 1. The number of aryl methyl sites for hydroxylation is 1. The zero-order valence-electron chi connectivity index (χ0n) is 24.3. The molecule has 4 aromatic rings. The fourth-order valence-electron chi connectivity index (χ4n) is 7.23. The molecule has 9 nitrogen and oxygen atoms in total. The Hall–Kier alpha value is -3.98. The second-order valence-corrected chi connectivity index (χ2v) is 12.0. The Morgan fingerprint density at radius 3 is 2.62 bits per heavy atom. The van der Waals surface area contributed by atoms with Gasteiger partial charge in [-0.25, -0.2) is 4.39 Å². The monoisotopic (exact) mass is 632 g/mol. The molecule has 0 radical (unpaired) electrons. The van der Waals surface area contributed by atoms with Crippen LogP contribution in [0.3, 0.4) is 0 Å². The molecule has 45 heavy (non-hydrogen) atoms. The highest BCUT2D eigenvalue weighted by atomic mass is 19.4. The van der Waals surface area contributed by atoms with E-state index in [9.17, 15) is 22.0 Å². The molecular weight excluding hydrogens is 602 g/mol. The Kier molecular flexibility index (Phi) is 7.34. The summed E-state index contributed by atoms with van der Waals surface area (Å²) in [5.74, 6) is -0.879. The molecule has 15 heteroatoms. The van der Waals surface area contributed by atoms with Gasteiger partial charge in [0.1, 0.15) is 23.6 Å². The van der Waals surface area contributed by atoms with Crippen LogP contribution < -0.4 is 15.0 Å². The minimum absolute atomic E-state index is 0.0519. The lowest BCUT2D eigenvalue weighted by Gasteiger charge is -2.34. The maximum Gasteiger partial charge on any atom is 0.417 e. The van der Waals surface area contributed by atoms with Crippen molar-refractivity contribution in [1.29, 1.82) is 0 Å². The number of alkyl halides is 3. The minimum atomic E-state index is -4.82. The molecule has 2 N–H and O–H groups in total. The van der Waals surface area contributed by atoms with Crippen LogP contribution in [0.2, 0.25) is 0 Å². The zero-order valence-corrected chi connectivity index (χ0v) is 24.3. The van der Waals surface area contributed by atoms with Gasteiger partial charge in [0.25, 0.3) is 6.08 Å². The summed E-state index contributed by atoms with van der Waals surface area (Å²) in [6, 6.07) is 0.456. The molecule has 3 aromatic heterocycles. The van der Waals surface area contributed by atoms with Crippen LogP contribution in [-0.4, -0.2) is 81.0 Å². The van der Waals surface area contributed by atoms with Crippen LogP contribution in [0.25, 0.3) is 33.1 Å². The van der Waals surface area contributed by atoms with E-state index < -0.39 is 40.9 Å². The largest absolute Gasteiger partial charge is 0.461 e. The van der Waals surface area contributed by atoms with Crippen LogP contribution in [0.4, 0.5) is 32.2 Å². The summed E-state index contributed by atoms with van der Waals surface area (Å²) in [4.78, 5) is 17.3. The number of anilines is 1. The molecule has 0 saturated carbocycles. The van der Waals surface area contributed by atoms with E-state index in [2.05, 4.69) is 35.4 Å². The van der Waals surface area contributed by atoms with Crippen LogP contribution in [0.1, 0.15) is 36.8 Å². The van der Waals surface area contributed by atoms with Gasteiger partial charge in [-0.3, -0.25) is 15.0 Å². The van der Waals surface area contributed by atoms with E-state index in [-0.39, 0.29) is 52.4 Å². The first kappa shape index (κ1) is 29.7. The predicted molar refractivity (Wildman–Crippen MR) is 155 cm³/mol. The molecule has 3 aliphatic rings. The van der Waals surface area contributed by atoms with Crippen molar-refractivity contribution in [3.63, 3.8) is 0 Å². The van der Waals surface area contributed by atoms with E-state index in [1.165, 1.54) is 25.4 Å². The Labute approximate surface area is 253 Å². The average Bonchev–Trinajstić information content (AvgIpc) is 3.71. The first-order valence-electron chi connectivity index (χ1n) is 14.8. The van der Waals surface area contributed by atoms with E-state index in [4.69, 9.17) is 4.74 Å². The quantitative estimate of drug-likeness (QED) is 0.266. The minimum Gasteiger partial charge on any atom is -0.461 e. The van der Waals surface area contributed by atoms with Crippen molar-refractivity contribution in [2.24, 2.45) is 0 Å². The Balaban J connectivity index is 1.39. The van der Waals surface area contributed by atoms with Crippen molar-refractivity contribution in [1.82, 2.24) is 35.4 Å².